The van der Waals surface area contributed by atoms with Crippen molar-refractivity contribution in [3.05, 3.63) is 11.6 Å². The quantitative estimate of drug-likeness (QED) is 0.278. The average Bonchev–Trinajstić information content (AvgIpc) is 2.53. The fraction of sp³-hybridized carbons (Fsp3) is 0.900. The molecule has 2 rings (SSSR count). The van der Waals surface area contributed by atoms with Crippen molar-refractivity contribution in [1.82, 2.24) is 0 Å². The summed E-state index contributed by atoms with van der Waals surface area (Å²) in [5.74, 6) is 1.94. The molecular weight excluding hydrogens is 432 g/mol. The number of allylic oxidation sites excluding steroid dienone is 2. The SMILES string of the molecule is CCCCCCC=C(C1CCCCC1)C1CCCCC1.[Ir]. The molecule has 0 aliphatic heterocycles. The molecule has 1 radical (unpaired) electrons. The molecule has 0 amide bonds. The maximum atomic E-state index is 2.71. The first kappa shape index (κ1) is 19.4. The number of unbranched alkanes of at least 4 members (excludes halogenated alkanes) is 4. The van der Waals surface area contributed by atoms with Gasteiger partial charge >= 0.3 is 0 Å². The molecule has 2 saturated carbocycles. The minimum Gasteiger partial charge on any atom is -0.0848 e. The zero-order chi connectivity index (χ0) is 14.0. The second-order valence-corrected chi connectivity index (χ2v) is 7.22. The minimum atomic E-state index is 0. The van der Waals surface area contributed by atoms with E-state index in [0.717, 1.165) is 11.8 Å². The molecule has 2 aliphatic carbocycles. The fourth-order valence-corrected chi connectivity index (χ4v) is 4.38. The largest absolute Gasteiger partial charge is 0.0848 e. The number of hydrogen-bond donors (Lipinski definition) is 0. The van der Waals surface area contributed by atoms with E-state index in [0.29, 0.717) is 0 Å². The van der Waals surface area contributed by atoms with Gasteiger partial charge in [0.15, 0.2) is 0 Å². The Morgan fingerprint density at radius 1 is 0.762 bits per heavy atom. The third kappa shape index (κ3) is 7.00. The molecule has 125 valence electrons. The second-order valence-electron chi connectivity index (χ2n) is 7.22. The normalized spacial score (nSPS) is 20.8. The molecular formula is C20H36Ir. The third-order valence-corrected chi connectivity index (χ3v) is 5.59. The van der Waals surface area contributed by atoms with Crippen LogP contribution in [-0.4, -0.2) is 0 Å². The Morgan fingerprint density at radius 2 is 1.29 bits per heavy atom. The van der Waals surface area contributed by atoms with Gasteiger partial charge in [0.25, 0.3) is 0 Å². The molecule has 0 unspecified atom stereocenters. The molecule has 0 saturated heterocycles. The van der Waals surface area contributed by atoms with Crippen molar-refractivity contribution in [3.63, 3.8) is 0 Å². The van der Waals surface area contributed by atoms with Crippen LogP contribution >= 0.6 is 0 Å². The van der Waals surface area contributed by atoms with Crippen molar-refractivity contribution in [2.24, 2.45) is 11.8 Å². The van der Waals surface area contributed by atoms with Crippen LogP contribution in [-0.2, 0) is 20.1 Å². The molecule has 0 aromatic heterocycles. The fourth-order valence-electron chi connectivity index (χ4n) is 4.38. The van der Waals surface area contributed by atoms with Crippen LogP contribution in [0.5, 0.6) is 0 Å². The molecule has 0 aromatic rings. The van der Waals surface area contributed by atoms with Crippen LogP contribution in [0.3, 0.4) is 0 Å². The van der Waals surface area contributed by atoms with Crippen molar-refractivity contribution >= 4 is 0 Å². The monoisotopic (exact) mass is 469 g/mol. The van der Waals surface area contributed by atoms with Gasteiger partial charge < -0.3 is 0 Å². The minimum absolute atomic E-state index is 0. The predicted octanol–water partition coefficient (Wildman–Crippen LogP) is 7.04. The standard InChI is InChI=1S/C20H36.Ir/c1-2-3-4-5-12-17-20(18-13-8-6-9-14-18)19-15-10-7-11-16-19;/h17-19H,2-16H2,1H3;. The third-order valence-electron chi connectivity index (χ3n) is 5.59. The van der Waals surface area contributed by atoms with E-state index in [1.807, 2.05) is 5.57 Å². The summed E-state index contributed by atoms with van der Waals surface area (Å²) in [6, 6.07) is 0. The summed E-state index contributed by atoms with van der Waals surface area (Å²) in [4.78, 5) is 0. The van der Waals surface area contributed by atoms with E-state index in [1.54, 1.807) is 0 Å². The molecule has 1 heteroatoms. The van der Waals surface area contributed by atoms with Crippen molar-refractivity contribution in [1.29, 1.82) is 0 Å². The molecule has 21 heavy (non-hydrogen) atoms. The maximum Gasteiger partial charge on any atom is 0 e. The van der Waals surface area contributed by atoms with Crippen LogP contribution in [0.4, 0.5) is 0 Å². The average molecular weight is 469 g/mol. The van der Waals surface area contributed by atoms with Crippen molar-refractivity contribution in [2.75, 3.05) is 0 Å². The Labute approximate surface area is 146 Å². The summed E-state index contributed by atoms with van der Waals surface area (Å²) in [6.45, 7) is 2.31. The molecule has 2 aliphatic rings. The first-order chi connectivity index (χ1) is 9.92. The first-order valence-electron chi connectivity index (χ1n) is 9.61. The second kappa shape index (κ2) is 11.9. The van der Waals surface area contributed by atoms with Crippen LogP contribution in [0.15, 0.2) is 11.6 Å². The van der Waals surface area contributed by atoms with Crippen LogP contribution in [0.1, 0.15) is 103 Å². The summed E-state index contributed by atoms with van der Waals surface area (Å²) >= 11 is 0. The van der Waals surface area contributed by atoms with E-state index in [9.17, 15) is 0 Å². The van der Waals surface area contributed by atoms with Gasteiger partial charge in [-0.2, -0.15) is 0 Å². The molecule has 0 N–H and O–H groups in total. The van der Waals surface area contributed by atoms with Crippen LogP contribution in [0.25, 0.3) is 0 Å². The molecule has 0 aromatic carbocycles. The van der Waals surface area contributed by atoms with Gasteiger partial charge in [0.1, 0.15) is 0 Å². The summed E-state index contributed by atoms with van der Waals surface area (Å²) < 4.78 is 0. The maximum absolute atomic E-state index is 2.71. The summed E-state index contributed by atoms with van der Waals surface area (Å²) in [7, 11) is 0. The van der Waals surface area contributed by atoms with Gasteiger partial charge in [-0.15, -0.1) is 0 Å². The summed E-state index contributed by atoms with van der Waals surface area (Å²) in [5.41, 5.74) is 1.92. The van der Waals surface area contributed by atoms with E-state index in [-0.39, 0.29) is 20.1 Å². The van der Waals surface area contributed by atoms with Crippen LogP contribution < -0.4 is 0 Å². The zero-order valence-corrected chi connectivity index (χ0v) is 16.6. The van der Waals surface area contributed by atoms with Gasteiger partial charge in [0.2, 0.25) is 0 Å². The van der Waals surface area contributed by atoms with E-state index in [4.69, 9.17) is 0 Å². The molecule has 0 heterocycles. The van der Waals surface area contributed by atoms with Gasteiger partial charge in [0, 0.05) is 20.1 Å². The van der Waals surface area contributed by atoms with Gasteiger partial charge in [-0.05, 0) is 50.4 Å². The molecule has 0 bridgehead atoms. The predicted molar refractivity (Wildman–Crippen MR) is 90.0 cm³/mol. The van der Waals surface area contributed by atoms with Gasteiger partial charge in [-0.1, -0.05) is 76.4 Å². The first-order valence-corrected chi connectivity index (χ1v) is 9.61. The summed E-state index contributed by atoms with van der Waals surface area (Å²) in [6.07, 6.45) is 24.7. The van der Waals surface area contributed by atoms with Crippen LogP contribution in [0.2, 0.25) is 0 Å². The smallest absolute Gasteiger partial charge is 0 e. The van der Waals surface area contributed by atoms with E-state index < -0.39 is 0 Å². The van der Waals surface area contributed by atoms with Crippen molar-refractivity contribution < 1.29 is 20.1 Å². The Bertz CT molecular complexity index is 250. The Morgan fingerprint density at radius 3 is 1.76 bits per heavy atom. The summed E-state index contributed by atoms with van der Waals surface area (Å²) in [5, 5.41) is 0. The topological polar surface area (TPSA) is 0 Å². The number of hydrogen-bond acceptors (Lipinski definition) is 0. The van der Waals surface area contributed by atoms with E-state index in [1.165, 1.54) is 96.3 Å². The van der Waals surface area contributed by atoms with E-state index in [2.05, 4.69) is 13.0 Å². The Balaban J connectivity index is 0.00000220. The van der Waals surface area contributed by atoms with Gasteiger partial charge in [0.05, 0.1) is 0 Å². The molecule has 0 nitrogen and oxygen atoms in total. The van der Waals surface area contributed by atoms with Gasteiger partial charge in [-0.25, -0.2) is 0 Å². The van der Waals surface area contributed by atoms with Crippen molar-refractivity contribution in [3.8, 4) is 0 Å². The number of rotatable bonds is 7. The Kier molecular flexibility index (Phi) is 11.0. The zero-order valence-electron chi connectivity index (χ0n) is 14.2. The Hall–Kier alpha value is 0.389. The van der Waals surface area contributed by atoms with Gasteiger partial charge in [-0.3, -0.25) is 0 Å². The molecule has 0 atom stereocenters. The van der Waals surface area contributed by atoms with E-state index >= 15 is 0 Å². The van der Waals surface area contributed by atoms with Crippen LogP contribution in [0, 0.1) is 11.8 Å². The molecule has 0 spiro atoms. The van der Waals surface area contributed by atoms with Crippen molar-refractivity contribution in [2.45, 2.75) is 103 Å². The molecule has 2 fully saturated rings.